The number of aryl methyl sites for hydroxylation is 2. The lowest BCUT2D eigenvalue weighted by Gasteiger charge is -2.26. The van der Waals surface area contributed by atoms with Gasteiger partial charge in [0.2, 0.25) is 5.91 Å². The molecule has 6 nitrogen and oxygen atoms in total. The van der Waals surface area contributed by atoms with E-state index in [1.54, 1.807) is 6.07 Å². The Balaban J connectivity index is 1.67. The summed E-state index contributed by atoms with van der Waals surface area (Å²) in [6.45, 7) is 8.87. The number of nitriles is 1. The van der Waals surface area contributed by atoms with Crippen molar-refractivity contribution in [2.75, 3.05) is 26.2 Å². The molecule has 1 aromatic heterocycles. The number of amides is 1. The van der Waals surface area contributed by atoms with E-state index in [1.807, 2.05) is 35.6 Å². The average molecular weight is 476 g/mol. The first-order chi connectivity index (χ1) is 15.4. The monoisotopic (exact) mass is 475 g/mol. The van der Waals surface area contributed by atoms with Crippen LogP contribution in [0, 0.1) is 25.2 Å². The van der Waals surface area contributed by atoms with Crippen LogP contribution in [-0.4, -0.2) is 51.7 Å². The highest BCUT2D eigenvalue weighted by Gasteiger charge is 2.20. The van der Waals surface area contributed by atoms with Crippen molar-refractivity contribution in [1.82, 2.24) is 19.6 Å². The minimum atomic E-state index is 0.124. The number of halogens is 2. The van der Waals surface area contributed by atoms with Crippen molar-refractivity contribution in [3.05, 3.63) is 50.8 Å². The molecule has 0 N–H and O–H groups in total. The molecule has 0 unspecified atom stereocenters. The smallest absolute Gasteiger partial charge is 0.223 e. The van der Waals surface area contributed by atoms with Crippen LogP contribution in [0.15, 0.2) is 18.2 Å². The zero-order chi connectivity index (χ0) is 23.1. The number of aromatic nitrogens is 2. The maximum absolute atomic E-state index is 13.3. The van der Waals surface area contributed by atoms with Crippen LogP contribution in [0.25, 0.3) is 0 Å². The molecule has 0 spiro atoms. The van der Waals surface area contributed by atoms with Crippen LogP contribution in [0.5, 0.6) is 0 Å². The van der Waals surface area contributed by atoms with E-state index >= 15 is 0 Å². The third-order valence-corrected chi connectivity index (χ3v) is 6.89. The summed E-state index contributed by atoms with van der Waals surface area (Å²) in [5.74, 6) is 0.124. The van der Waals surface area contributed by atoms with E-state index < -0.39 is 0 Å². The molecule has 2 heterocycles. The molecule has 1 aliphatic rings. The fourth-order valence-electron chi connectivity index (χ4n) is 4.28. The zero-order valence-electron chi connectivity index (χ0n) is 18.9. The summed E-state index contributed by atoms with van der Waals surface area (Å²) in [7, 11) is 0. The van der Waals surface area contributed by atoms with Gasteiger partial charge in [-0.25, -0.2) is 0 Å². The van der Waals surface area contributed by atoms with Crippen molar-refractivity contribution in [3.8, 4) is 6.07 Å². The van der Waals surface area contributed by atoms with Crippen molar-refractivity contribution in [2.24, 2.45) is 0 Å². The highest BCUT2D eigenvalue weighted by atomic mass is 35.5. The van der Waals surface area contributed by atoms with Crippen molar-refractivity contribution in [1.29, 1.82) is 5.26 Å². The van der Waals surface area contributed by atoms with Crippen LogP contribution in [0.3, 0.4) is 0 Å². The predicted molar refractivity (Wildman–Crippen MR) is 128 cm³/mol. The van der Waals surface area contributed by atoms with Gasteiger partial charge in [-0.1, -0.05) is 29.3 Å². The van der Waals surface area contributed by atoms with Gasteiger partial charge in [0.25, 0.3) is 0 Å². The molecule has 1 aliphatic heterocycles. The number of rotatable bonds is 10. The Bertz CT molecular complexity index is 975. The average Bonchev–Trinajstić information content (AvgIpc) is 3.38. The van der Waals surface area contributed by atoms with Gasteiger partial charge >= 0.3 is 0 Å². The molecule has 0 saturated carbocycles. The number of carbonyl (C=O) groups is 1. The first-order valence-electron chi connectivity index (χ1n) is 11.2. The SMILES string of the molecule is Cc1nn(CCC#N)c(C)c1CCC(=O)N(CCN1CCCC1)Cc1ccc(Cl)c(Cl)c1. The van der Waals surface area contributed by atoms with Gasteiger partial charge in [-0.3, -0.25) is 9.48 Å². The summed E-state index contributed by atoms with van der Waals surface area (Å²) in [6, 6.07) is 7.71. The van der Waals surface area contributed by atoms with E-state index in [2.05, 4.69) is 16.1 Å². The Morgan fingerprint density at radius 1 is 1.19 bits per heavy atom. The first kappa shape index (κ1) is 24.6. The molecule has 0 radical (unpaired) electrons. The van der Waals surface area contributed by atoms with Crippen molar-refractivity contribution >= 4 is 29.1 Å². The molecule has 0 aliphatic carbocycles. The molecule has 172 valence electrons. The maximum Gasteiger partial charge on any atom is 0.223 e. The molecule has 3 rings (SSSR count). The van der Waals surface area contributed by atoms with Crippen molar-refractivity contribution in [2.45, 2.75) is 59.0 Å². The summed E-state index contributed by atoms with van der Waals surface area (Å²) < 4.78 is 1.87. The van der Waals surface area contributed by atoms with E-state index in [-0.39, 0.29) is 5.91 Å². The van der Waals surface area contributed by atoms with Gasteiger partial charge in [0.05, 0.1) is 34.8 Å². The molecular formula is C24H31Cl2N5O. The van der Waals surface area contributed by atoms with E-state index in [9.17, 15) is 4.79 Å². The summed E-state index contributed by atoms with van der Waals surface area (Å²) >= 11 is 12.3. The highest BCUT2D eigenvalue weighted by molar-refractivity contribution is 6.42. The lowest BCUT2D eigenvalue weighted by Crippen LogP contribution is -2.37. The molecule has 0 bridgehead atoms. The minimum absolute atomic E-state index is 0.124. The second-order valence-corrected chi connectivity index (χ2v) is 9.21. The fraction of sp³-hybridized carbons (Fsp3) is 0.542. The minimum Gasteiger partial charge on any atom is -0.337 e. The Morgan fingerprint density at radius 2 is 1.94 bits per heavy atom. The molecule has 1 saturated heterocycles. The molecule has 1 aromatic carbocycles. The summed E-state index contributed by atoms with van der Waals surface area (Å²) in [6.07, 6.45) is 3.95. The Kier molecular flexibility index (Phi) is 8.98. The van der Waals surface area contributed by atoms with Crippen LogP contribution in [0.4, 0.5) is 0 Å². The Morgan fingerprint density at radius 3 is 2.62 bits per heavy atom. The topological polar surface area (TPSA) is 65.2 Å². The fourth-order valence-corrected chi connectivity index (χ4v) is 4.60. The van der Waals surface area contributed by atoms with Gasteiger partial charge in [0.15, 0.2) is 0 Å². The predicted octanol–water partition coefficient (Wildman–Crippen LogP) is 4.78. The summed E-state index contributed by atoms with van der Waals surface area (Å²) in [4.78, 5) is 17.6. The van der Waals surface area contributed by atoms with Gasteiger partial charge in [0, 0.05) is 31.7 Å². The molecule has 0 atom stereocenters. The summed E-state index contributed by atoms with van der Waals surface area (Å²) in [5.41, 5.74) is 4.05. The van der Waals surface area contributed by atoms with E-state index in [1.165, 1.54) is 12.8 Å². The standard InChI is InChI=1S/C24H31Cl2N5O/c1-18-21(19(2)31(28-18)13-5-10-27)7-9-24(32)30(15-14-29-11-3-4-12-29)17-20-6-8-22(25)23(26)16-20/h6,8,16H,3-5,7,9,11-15,17H2,1-2H3. The van der Waals surface area contributed by atoms with Gasteiger partial charge in [-0.05, 0) is 69.5 Å². The van der Waals surface area contributed by atoms with E-state index in [4.69, 9.17) is 28.5 Å². The third kappa shape index (κ3) is 6.48. The molecule has 32 heavy (non-hydrogen) atoms. The number of hydrogen-bond donors (Lipinski definition) is 0. The largest absolute Gasteiger partial charge is 0.337 e. The van der Waals surface area contributed by atoms with Gasteiger partial charge in [0.1, 0.15) is 0 Å². The van der Waals surface area contributed by atoms with E-state index in [0.29, 0.717) is 48.9 Å². The second kappa shape index (κ2) is 11.7. The van der Waals surface area contributed by atoms with Gasteiger partial charge in [-0.15, -0.1) is 0 Å². The van der Waals surface area contributed by atoms with E-state index in [0.717, 1.165) is 42.1 Å². The first-order valence-corrected chi connectivity index (χ1v) is 12.0. The Labute approximate surface area is 200 Å². The third-order valence-electron chi connectivity index (χ3n) is 6.15. The molecular weight excluding hydrogens is 445 g/mol. The normalized spacial score (nSPS) is 14.0. The van der Waals surface area contributed by atoms with Crippen molar-refractivity contribution < 1.29 is 4.79 Å². The second-order valence-electron chi connectivity index (χ2n) is 8.39. The molecule has 1 fully saturated rings. The van der Waals surface area contributed by atoms with Crippen LogP contribution in [0.2, 0.25) is 10.0 Å². The van der Waals surface area contributed by atoms with Crippen LogP contribution in [0.1, 0.15) is 48.2 Å². The molecule has 1 amide bonds. The quantitative estimate of drug-likeness (QED) is 0.495. The van der Waals surface area contributed by atoms with Crippen LogP contribution >= 0.6 is 23.2 Å². The number of likely N-dealkylation sites (tertiary alicyclic amines) is 1. The maximum atomic E-state index is 13.3. The lowest BCUT2D eigenvalue weighted by atomic mass is 10.1. The van der Waals surface area contributed by atoms with Gasteiger partial charge < -0.3 is 9.80 Å². The number of carbonyl (C=O) groups excluding carboxylic acids is 1. The van der Waals surface area contributed by atoms with Crippen LogP contribution < -0.4 is 0 Å². The number of nitrogens with zero attached hydrogens (tertiary/aromatic N) is 5. The van der Waals surface area contributed by atoms with Gasteiger partial charge in [-0.2, -0.15) is 10.4 Å². The van der Waals surface area contributed by atoms with Crippen LogP contribution in [-0.2, 0) is 24.3 Å². The molecule has 8 heteroatoms. The Hall–Kier alpha value is -2.07. The number of hydrogen-bond acceptors (Lipinski definition) is 4. The summed E-state index contributed by atoms with van der Waals surface area (Å²) in [5, 5.41) is 14.4. The molecule has 2 aromatic rings. The zero-order valence-corrected chi connectivity index (χ0v) is 20.4. The van der Waals surface area contributed by atoms with Crippen molar-refractivity contribution in [3.63, 3.8) is 0 Å². The lowest BCUT2D eigenvalue weighted by molar-refractivity contribution is -0.132. The number of benzene rings is 1. The highest BCUT2D eigenvalue weighted by Crippen LogP contribution is 2.24.